The maximum atomic E-state index is 12.4. The van der Waals surface area contributed by atoms with Crippen molar-refractivity contribution in [1.29, 1.82) is 0 Å². The van der Waals surface area contributed by atoms with Gasteiger partial charge in [-0.3, -0.25) is 29.8 Å². The minimum atomic E-state index is -0.549. The molecule has 3 aromatic rings. The second-order valence-electron chi connectivity index (χ2n) is 6.32. The van der Waals surface area contributed by atoms with Gasteiger partial charge < -0.3 is 4.74 Å². The van der Waals surface area contributed by atoms with Gasteiger partial charge in [0.15, 0.2) is 0 Å². The molecule has 10 heteroatoms. The van der Waals surface area contributed by atoms with Crippen LogP contribution in [0.5, 0.6) is 5.75 Å². The molecular formula is C20H18Cl2N4O4. The first-order valence-corrected chi connectivity index (χ1v) is 9.79. The molecule has 1 heterocycles. The van der Waals surface area contributed by atoms with Crippen molar-refractivity contribution in [3.63, 3.8) is 0 Å². The van der Waals surface area contributed by atoms with Crippen LogP contribution in [0, 0.1) is 0 Å². The largest absolute Gasteiger partial charge is 0.492 e. The zero-order valence-electron chi connectivity index (χ0n) is 15.7. The van der Waals surface area contributed by atoms with Gasteiger partial charge in [0.25, 0.3) is 11.5 Å². The summed E-state index contributed by atoms with van der Waals surface area (Å²) >= 11 is 11.8. The zero-order valence-corrected chi connectivity index (χ0v) is 17.2. The van der Waals surface area contributed by atoms with Crippen LogP contribution in [0.25, 0.3) is 10.9 Å². The minimum absolute atomic E-state index is 0.128. The molecule has 2 amide bonds. The molecule has 0 saturated carbocycles. The van der Waals surface area contributed by atoms with E-state index in [4.69, 9.17) is 27.9 Å². The molecular weight excluding hydrogens is 431 g/mol. The number of hydrogen-bond donors (Lipinski definition) is 2. The van der Waals surface area contributed by atoms with Crippen LogP contribution in [0.15, 0.2) is 53.6 Å². The minimum Gasteiger partial charge on any atom is -0.492 e. The SMILES string of the molecule is O=C(CCCOc1ccc(Cl)cc1Cl)NNC(=O)Cn1cnc2ccccc2c1=O. The first-order valence-electron chi connectivity index (χ1n) is 9.04. The van der Waals surface area contributed by atoms with Gasteiger partial charge in [-0.1, -0.05) is 35.3 Å². The van der Waals surface area contributed by atoms with E-state index in [2.05, 4.69) is 15.8 Å². The molecule has 3 rings (SSSR count). The summed E-state index contributed by atoms with van der Waals surface area (Å²) in [5.74, 6) is -0.464. The molecule has 0 spiro atoms. The molecule has 0 unspecified atom stereocenters. The highest BCUT2D eigenvalue weighted by atomic mass is 35.5. The molecule has 2 aromatic carbocycles. The second-order valence-corrected chi connectivity index (χ2v) is 7.16. The first-order chi connectivity index (χ1) is 14.4. The van der Waals surface area contributed by atoms with E-state index in [-0.39, 0.29) is 25.1 Å². The van der Waals surface area contributed by atoms with Gasteiger partial charge in [-0.05, 0) is 36.8 Å². The number of ether oxygens (including phenoxy) is 1. The van der Waals surface area contributed by atoms with Gasteiger partial charge in [-0.2, -0.15) is 0 Å². The summed E-state index contributed by atoms with van der Waals surface area (Å²) in [7, 11) is 0. The number of rotatable bonds is 7. The molecule has 156 valence electrons. The number of fused-ring (bicyclic) bond motifs is 1. The summed E-state index contributed by atoms with van der Waals surface area (Å²) in [6.07, 6.45) is 1.84. The van der Waals surface area contributed by atoms with Crippen molar-refractivity contribution in [2.45, 2.75) is 19.4 Å². The van der Waals surface area contributed by atoms with Gasteiger partial charge in [0.1, 0.15) is 12.3 Å². The fourth-order valence-corrected chi connectivity index (χ4v) is 3.09. The molecule has 0 bridgehead atoms. The van der Waals surface area contributed by atoms with Crippen molar-refractivity contribution in [1.82, 2.24) is 20.4 Å². The maximum Gasteiger partial charge on any atom is 0.261 e. The summed E-state index contributed by atoms with van der Waals surface area (Å²) < 4.78 is 6.67. The van der Waals surface area contributed by atoms with Crippen molar-refractivity contribution >= 4 is 45.9 Å². The van der Waals surface area contributed by atoms with E-state index in [1.165, 1.54) is 10.9 Å². The van der Waals surface area contributed by atoms with E-state index in [1.807, 2.05) is 0 Å². The van der Waals surface area contributed by atoms with Crippen LogP contribution in [-0.4, -0.2) is 28.0 Å². The number of carbonyl (C=O) groups excluding carboxylic acids is 2. The van der Waals surface area contributed by atoms with Gasteiger partial charge in [0.05, 0.1) is 28.9 Å². The molecule has 0 aliphatic rings. The Kier molecular flexibility index (Phi) is 7.26. The molecule has 0 aliphatic heterocycles. The summed E-state index contributed by atoms with van der Waals surface area (Å²) in [5.41, 5.74) is 4.80. The topological polar surface area (TPSA) is 102 Å². The Labute approximate surface area is 181 Å². The predicted molar refractivity (Wildman–Crippen MR) is 113 cm³/mol. The van der Waals surface area contributed by atoms with Crippen LogP contribution in [0.3, 0.4) is 0 Å². The third-order valence-electron chi connectivity index (χ3n) is 4.09. The van der Waals surface area contributed by atoms with Crippen LogP contribution >= 0.6 is 23.2 Å². The molecule has 0 aliphatic carbocycles. The van der Waals surface area contributed by atoms with Gasteiger partial charge in [0, 0.05) is 11.4 Å². The lowest BCUT2D eigenvalue weighted by Crippen LogP contribution is -2.44. The molecule has 1 aromatic heterocycles. The number of nitrogens with one attached hydrogen (secondary N) is 2. The van der Waals surface area contributed by atoms with E-state index in [0.717, 1.165) is 0 Å². The van der Waals surface area contributed by atoms with Crippen molar-refractivity contribution in [3.8, 4) is 5.75 Å². The van der Waals surface area contributed by atoms with E-state index >= 15 is 0 Å². The molecule has 0 fully saturated rings. The number of hydrogen-bond acceptors (Lipinski definition) is 5. The van der Waals surface area contributed by atoms with Crippen molar-refractivity contribution in [2.75, 3.05) is 6.61 Å². The standard InChI is InChI=1S/C20H18Cl2N4O4/c21-13-7-8-17(15(22)10-13)30-9-3-6-18(27)24-25-19(28)11-26-12-23-16-5-2-1-4-14(16)20(26)29/h1-2,4-5,7-8,10,12H,3,6,9,11H2,(H,24,27)(H,25,28). The van der Waals surface area contributed by atoms with Crippen LogP contribution in [0.1, 0.15) is 12.8 Å². The molecule has 0 atom stereocenters. The second kappa shape index (κ2) is 10.1. The summed E-state index contributed by atoms with van der Waals surface area (Å²) in [6, 6.07) is 11.7. The normalized spacial score (nSPS) is 10.6. The fourth-order valence-electron chi connectivity index (χ4n) is 2.62. The van der Waals surface area contributed by atoms with Gasteiger partial charge >= 0.3 is 0 Å². The average molecular weight is 449 g/mol. The van der Waals surface area contributed by atoms with E-state index < -0.39 is 11.8 Å². The van der Waals surface area contributed by atoms with Crippen LogP contribution in [-0.2, 0) is 16.1 Å². The van der Waals surface area contributed by atoms with Gasteiger partial charge in [-0.15, -0.1) is 0 Å². The molecule has 30 heavy (non-hydrogen) atoms. The highest BCUT2D eigenvalue weighted by Crippen LogP contribution is 2.27. The van der Waals surface area contributed by atoms with Crippen molar-refractivity contribution < 1.29 is 14.3 Å². The Morgan fingerprint density at radius 2 is 1.83 bits per heavy atom. The zero-order chi connectivity index (χ0) is 21.5. The number of carbonyl (C=O) groups is 2. The smallest absolute Gasteiger partial charge is 0.261 e. The number of aromatic nitrogens is 2. The van der Waals surface area contributed by atoms with E-state index in [9.17, 15) is 14.4 Å². The third kappa shape index (κ3) is 5.71. The number of nitrogens with zero attached hydrogens (tertiary/aromatic N) is 2. The van der Waals surface area contributed by atoms with E-state index in [1.54, 1.807) is 42.5 Å². The lowest BCUT2D eigenvalue weighted by molar-refractivity contribution is -0.129. The highest BCUT2D eigenvalue weighted by Gasteiger charge is 2.09. The quantitative estimate of drug-likeness (QED) is 0.427. The molecule has 0 saturated heterocycles. The Hall–Kier alpha value is -3.10. The van der Waals surface area contributed by atoms with Crippen LogP contribution < -0.4 is 21.1 Å². The monoisotopic (exact) mass is 448 g/mol. The Morgan fingerprint density at radius 3 is 2.63 bits per heavy atom. The van der Waals surface area contributed by atoms with Crippen LogP contribution in [0.4, 0.5) is 0 Å². The number of hydrazine groups is 1. The lowest BCUT2D eigenvalue weighted by Gasteiger charge is -2.10. The van der Waals surface area contributed by atoms with Crippen molar-refractivity contribution in [2.24, 2.45) is 0 Å². The van der Waals surface area contributed by atoms with Gasteiger partial charge in [0.2, 0.25) is 5.91 Å². The van der Waals surface area contributed by atoms with Crippen molar-refractivity contribution in [3.05, 3.63) is 69.2 Å². The highest BCUT2D eigenvalue weighted by molar-refractivity contribution is 6.35. The van der Waals surface area contributed by atoms with Crippen LogP contribution in [0.2, 0.25) is 10.0 Å². The Balaban J connectivity index is 1.41. The maximum absolute atomic E-state index is 12.4. The lowest BCUT2D eigenvalue weighted by atomic mass is 10.2. The number of amides is 2. The van der Waals surface area contributed by atoms with E-state index in [0.29, 0.717) is 33.1 Å². The molecule has 8 nitrogen and oxygen atoms in total. The summed E-state index contributed by atoms with van der Waals surface area (Å²) in [6.45, 7) is -0.00397. The predicted octanol–water partition coefficient (Wildman–Crippen LogP) is 2.71. The van der Waals surface area contributed by atoms with Gasteiger partial charge in [-0.25, -0.2) is 4.98 Å². The average Bonchev–Trinajstić information content (AvgIpc) is 2.73. The summed E-state index contributed by atoms with van der Waals surface area (Å²) in [5, 5.41) is 1.31. The summed E-state index contributed by atoms with van der Waals surface area (Å²) in [4.78, 5) is 40.4. The third-order valence-corrected chi connectivity index (χ3v) is 4.62. The number of para-hydroxylation sites is 1. The number of benzene rings is 2. The number of halogens is 2. The Morgan fingerprint density at radius 1 is 1.07 bits per heavy atom. The fraction of sp³-hybridized carbons (Fsp3) is 0.200. The molecule has 2 N–H and O–H groups in total. The molecule has 0 radical (unpaired) electrons. The Bertz CT molecular complexity index is 1130. The first kappa shape index (κ1) is 21.6.